The van der Waals surface area contributed by atoms with Crippen LogP contribution < -0.4 is 15.4 Å². The molecule has 2 aromatic rings. The van der Waals surface area contributed by atoms with E-state index < -0.39 is 23.3 Å². The van der Waals surface area contributed by atoms with E-state index in [1.165, 1.54) is 0 Å². The predicted molar refractivity (Wildman–Crippen MR) is 97.8 cm³/mol. The quantitative estimate of drug-likeness (QED) is 0.807. The monoisotopic (exact) mass is 376 g/mol. The van der Waals surface area contributed by atoms with Crippen LogP contribution in [-0.4, -0.2) is 34.9 Å². The first-order chi connectivity index (χ1) is 12.8. The van der Waals surface area contributed by atoms with Crippen LogP contribution in [0.1, 0.15) is 37.0 Å². The Bertz CT molecular complexity index is 844. The number of benzene rings is 1. The van der Waals surface area contributed by atoms with Crippen molar-refractivity contribution in [3.05, 3.63) is 41.5 Å². The molecule has 2 heterocycles. The molecule has 1 aromatic carbocycles. The van der Waals surface area contributed by atoms with Crippen LogP contribution in [0.2, 0.25) is 0 Å². The largest absolute Gasteiger partial charge is 0.475 e. The summed E-state index contributed by atoms with van der Waals surface area (Å²) in [6.07, 6.45) is 1.25. The number of nitrogens with two attached hydrogens (primary N) is 1. The van der Waals surface area contributed by atoms with Gasteiger partial charge in [0.2, 0.25) is 11.8 Å². The number of aromatic nitrogens is 2. The van der Waals surface area contributed by atoms with Crippen LogP contribution >= 0.6 is 0 Å². The normalized spacial score (nSPS) is 17.2. The van der Waals surface area contributed by atoms with Gasteiger partial charge in [-0.05, 0) is 44.9 Å². The zero-order valence-corrected chi connectivity index (χ0v) is 15.3. The molecule has 1 saturated heterocycles. The van der Waals surface area contributed by atoms with Crippen LogP contribution in [0.25, 0.3) is 0 Å². The molecule has 27 heavy (non-hydrogen) atoms. The van der Waals surface area contributed by atoms with Crippen molar-refractivity contribution >= 4 is 17.5 Å². The summed E-state index contributed by atoms with van der Waals surface area (Å²) in [4.78, 5) is 22.9. The number of nitrogens with zero attached hydrogens (tertiary/aromatic N) is 3. The summed E-state index contributed by atoms with van der Waals surface area (Å²) in [5.74, 6) is -1.22. The molecule has 1 unspecified atom stereocenters. The van der Waals surface area contributed by atoms with Crippen LogP contribution in [0.3, 0.4) is 0 Å². The smallest absolute Gasteiger partial charge is 0.225 e. The second kappa shape index (κ2) is 7.85. The summed E-state index contributed by atoms with van der Waals surface area (Å²) in [5.41, 5.74) is 5.56. The molecule has 0 radical (unpaired) electrons. The molecule has 0 aliphatic carbocycles. The molecule has 1 fully saturated rings. The van der Waals surface area contributed by atoms with Gasteiger partial charge in [0.15, 0.2) is 5.78 Å². The van der Waals surface area contributed by atoms with Crippen LogP contribution in [0.5, 0.6) is 5.88 Å². The number of ether oxygens (including phenoxy) is 1. The standard InChI is InChI=1S/C19H22F2N4O2/c1-11(2)27-17-9-16(23-19(22)24-17)25-7-3-4-12(10-25)18(26)14-8-13(20)5-6-15(14)21/h5-6,8-9,11-12H,3-4,7,10H2,1-2H3,(H2,22,23,24). The van der Waals surface area contributed by atoms with Crippen molar-refractivity contribution in [3.63, 3.8) is 0 Å². The second-order valence-electron chi connectivity index (χ2n) is 6.86. The maximum atomic E-state index is 14.0. The fourth-order valence-electron chi connectivity index (χ4n) is 3.20. The van der Waals surface area contributed by atoms with E-state index >= 15 is 0 Å². The van der Waals surface area contributed by atoms with E-state index in [2.05, 4.69) is 9.97 Å². The third-order valence-electron chi connectivity index (χ3n) is 4.37. The van der Waals surface area contributed by atoms with Gasteiger partial charge in [-0.3, -0.25) is 4.79 Å². The van der Waals surface area contributed by atoms with E-state index in [0.29, 0.717) is 31.2 Å². The van der Waals surface area contributed by atoms with Crippen molar-refractivity contribution in [1.29, 1.82) is 0 Å². The Morgan fingerprint density at radius 3 is 2.81 bits per heavy atom. The highest BCUT2D eigenvalue weighted by molar-refractivity contribution is 5.98. The van der Waals surface area contributed by atoms with Crippen molar-refractivity contribution in [3.8, 4) is 5.88 Å². The van der Waals surface area contributed by atoms with Gasteiger partial charge in [-0.1, -0.05) is 0 Å². The van der Waals surface area contributed by atoms with Crippen LogP contribution in [0.15, 0.2) is 24.3 Å². The zero-order valence-electron chi connectivity index (χ0n) is 15.3. The molecular weight excluding hydrogens is 354 g/mol. The van der Waals surface area contributed by atoms with Gasteiger partial charge in [-0.25, -0.2) is 8.78 Å². The summed E-state index contributed by atoms with van der Waals surface area (Å²) in [6, 6.07) is 4.60. The predicted octanol–water partition coefficient (Wildman–Crippen LogP) is 3.22. The van der Waals surface area contributed by atoms with Crippen molar-refractivity contribution < 1.29 is 18.3 Å². The Kier molecular flexibility index (Phi) is 5.53. The lowest BCUT2D eigenvalue weighted by Gasteiger charge is -2.33. The maximum Gasteiger partial charge on any atom is 0.225 e. The van der Waals surface area contributed by atoms with Crippen molar-refractivity contribution in [1.82, 2.24) is 9.97 Å². The highest BCUT2D eigenvalue weighted by Crippen LogP contribution is 2.27. The molecule has 1 aromatic heterocycles. The van der Waals surface area contributed by atoms with E-state index in [-0.39, 0.29) is 17.6 Å². The number of ketones is 1. The first kappa shape index (κ1) is 19.0. The Morgan fingerprint density at radius 1 is 1.30 bits per heavy atom. The lowest BCUT2D eigenvalue weighted by Crippen LogP contribution is -2.39. The molecule has 144 valence electrons. The van der Waals surface area contributed by atoms with E-state index in [4.69, 9.17) is 10.5 Å². The van der Waals surface area contributed by atoms with Crippen LogP contribution in [0.4, 0.5) is 20.5 Å². The number of Topliss-reactive ketones (excluding diaryl/α,β-unsaturated/α-hetero) is 1. The molecule has 6 nitrogen and oxygen atoms in total. The molecular formula is C19H22F2N4O2. The average molecular weight is 376 g/mol. The van der Waals surface area contributed by atoms with Gasteiger partial charge in [0.05, 0.1) is 11.7 Å². The molecule has 8 heteroatoms. The Hall–Kier alpha value is -2.77. The average Bonchev–Trinajstić information content (AvgIpc) is 2.62. The number of anilines is 2. The topological polar surface area (TPSA) is 81.3 Å². The summed E-state index contributed by atoms with van der Waals surface area (Å²) in [6.45, 7) is 4.77. The number of nitrogen functional groups attached to an aromatic ring is 1. The SMILES string of the molecule is CC(C)Oc1cc(N2CCCC(C(=O)c3cc(F)ccc3F)C2)nc(N)n1. The van der Waals surface area contributed by atoms with Gasteiger partial charge in [0.1, 0.15) is 17.5 Å². The zero-order chi connectivity index (χ0) is 19.6. The third kappa shape index (κ3) is 4.50. The van der Waals surface area contributed by atoms with Crippen molar-refractivity contribution in [2.24, 2.45) is 5.92 Å². The highest BCUT2D eigenvalue weighted by atomic mass is 19.1. The fraction of sp³-hybridized carbons (Fsp3) is 0.421. The lowest BCUT2D eigenvalue weighted by molar-refractivity contribution is 0.0902. The van der Waals surface area contributed by atoms with Gasteiger partial charge in [-0.2, -0.15) is 9.97 Å². The van der Waals surface area contributed by atoms with Crippen LogP contribution in [-0.2, 0) is 0 Å². The van der Waals surface area contributed by atoms with E-state index in [9.17, 15) is 13.6 Å². The third-order valence-corrected chi connectivity index (χ3v) is 4.37. The Labute approximate surface area is 156 Å². The number of hydrogen-bond acceptors (Lipinski definition) is 6. The fourth-order valence-corrected chi connectivity index (χ4v) is 3.20. The Balaban J connectivity index is 1.81. The maximum absolute atomic E-state index is 14.0. The van der Waals surface area contributed by atoms with Gasteiger partial charge in [-0.15, -0.1) is 0 Å². The first-order valence-corrected chi connectivity index (χ1v) is 8.89. The van der Waals surface area contributed by atoms with Gasteiger partial charge in [0, 0.05) is 25.1 Å². The minimum atomic E-state index is -0.711. The molecule has 2 N–H and O–H groups in total. The number of carbonyl (C=O) groups excluding carboxylic acids is 1. The molecule has 0 amide bonds. The lowest BCUT2D eigenvalue weighted by atomic mass is 9.89. The van der Waals surface area contributed by atoms with E-state index in [1.54, 1.807) is 6.07 Å². The summed E-state index contributed by atoms with van der Waals surface area (Å²) in [7, 11) is 0. The molecule has 0 bridgehead atoms. The summed E-state index contributed by atoms with van der Waals surface area (Å²) >= 11 is 0. The molecule has 1 aliphatic heterocycles. The number of piperidine rings is 1. The minimum Gasteiger partial charge on any atom is -0.475 e. The van der Waals surface area contributed by atoms with Crippen LogP contribution in [0, 0.1) is 17.6 Å². The number of carbonyl (C=O) groups is 1. The minimum absolute atomic E-state index is 0.0706. The Morgan fingerprint density at radius 2 is 2.07 bits per heavy atom. The number of hydrogen-bond donors (Lipinski definition) is 1. The number of rotatable bonds is 5. The van der Waals surface area contributed by atoms with Gasteiger partial charge >= 0.3 is 0 Å². The first-order valence-electron chi connectivity index (χ1n) is 8.89. The van der Waals surface area contributed by atoms with E-state index in [1.807, 2.05) is 18.7 Å². The number of halogens is 2. The van der Waals surface area contributed by atoms with Crippen molar-refractivity contribution in [2.75, 3.05) is 23.7 Å². The molecule has 0 spiro atoms. The summed E-state index contributed by atoms with van der Waals surface area (Å²) in [5, 5.41) is 0. The molecule has 1 aliphatic rings. The van der Waals surface area contributed by atoms with E-state index in [0.717, 1.165) is 24.6 Å². The summed E-state index contributed by atoms with van der Waals surface area (Å²) < 4.78 is 33.0. The second-order valence-corrected chi connectivity index (χ2v) is 6.86. The molecule has 3 rings (SSSR count). The molecule has 0 saturated carbocycles. The highest BCUT2D eigenvalue weighted by Gasteiger charge is 2.29. The van der Waals surface area contributed by atoms with Crippen molar-refractivity contribution in [2.45, 2.75) is 32.8 Å². The molecule has 1 atom stereocenters. The van der Waals surface area contributed by atoms with Gasteiger partial charge in [0.25, 0.3) is 0 Å². The van der Waals surface area contributed by atoms with Gasteiger partial charge < -0.3 is 15.4 Å².